The van der Waals surface area contributed by atoms with E-state index >= 15 is 0 Å². The summed E-state index contributed by atoms with van der Waals surface area (Å²) in [5.74, 6) is 1.31. The molecule has 7 nitrogen and oxygen atoms in total. The van der Waals surface area contributed by atoms with Crippen LogP contribution in [-0.4, -0.2) is 60.1 Å². The number of halogens is 1. The van der Waals surface area contributed by atoms with Gasteiger partial charge in [-0.2, -0.15) is 0 Å². The zero-order chi connectivity index (χ0) is 21.2. The first-order valence-electron chi connectivity index (χ1n) is 10.2. The fraction of sp³-hybridized carbons (Fsp3) is 0.304. The van der Waals surface area contributed by atoms with E-state index in [0.29, 0.717) is 37.6 Å². The van der Waals surface area contributed by atoms with Gasteiger partial charge in [0.2, 0.25) is 0 Å². The number of nitrogens with one attached hydrogen (secondary N) is 1. The normalized spacial score (nSPS) is 18.6. The van der Waals surface area contributed by atoms with Gasteiger partial charge in [0.05, 0.1) is 24.2 Å². The van der Waals surface area contributed by atoms with Gasteiger partial charge in [-0.15, -0.1) is 0 Å². The van der Waals surface area contributed by atoms with Crippen molar-refractivity contribution in [3.63, 3.8) is 0 Å². The van der Waals surface area contributed by atoms with E-state index in [2.05, 4.69) is 10.3 Å². The summed E-state index contributed by atoms with van der Waals surface area (Å²) in [5, 5.41) is 3.95. The van der Waals surface area contributed by atoms with E-state index in [0.717, 1.165) is 28.2 Å². The minimum atomic E-state index is -1.03. The molecular formula is C23H23FN4O3. The molecule has 1 fully saturated rings. The fourth-order valence-electron chi connectivity index (χ4n) is 3.74. The van der Waals surface area contributed by atoms with Gasteiger partial charge in [0.25, 0.3) is 0 Å². The fourth-order valence-corrected chi connectivity index (χ4v) is 3.74. The Morgan fingerprint density at radius 2 is 2.10 bits per heavy atom. The lowest BCUT2D eigenvalue weighted by Crippen LogP contribution is -2.27. The molecule has 2 atom stereocenters. The van der Waals surface area contributed by atoms with E-state index in [1.165, 1.54) is 0 Å². The van der Waals surface area contributed by atoms with Crippen LogP contribution in [0.2, 0.25) is 0 Å². The number of para-hydroxylation sites is 1. The maximum Gasteiger partial charge on any atom is 0.150 e. The number of hydrogen-bond acceptors (Lipinski definition) is 6. The summed E-state index contributed by atoms with van der Waals surface area (Å²) in [6.07, 6.45) is 2.15. The highest BCUT2D eigenvalue weighted by Gasteiger charge is 2.29. The lowest BCUT2D eigenvalue weighted by molar-refractivity contribution is 0.141. The summed E-state index contributed by atoms with van der Waals surface area (Å²) in [6.45, 7) is 1.80. The van der Waals surface area contributed by atoms with Crippen LogP contribution in [-0.2, 0) is 4.74 Å². The molecule has 1 N–H and O–H groups in total. The molecule has 0 unspecified atom stereocenters. The molecule has 0 bridgehead atoms. The molecule has 8 heteroatoms. The van der Waals surface area contributed by atoms with Gasteiger partial charge >= 0.3 is 0 Å². The predicted molar refractivity (Wildman–Crippen MR) is 115 cm³/mol. The molecule has 31 heavy (non-hydrogen) atoms. The molecule has 0 spiro atoms. The van der Waals surface area contributed by atoms with Crippen LogP contribution in [0.25, 0.3) is 27.9 Å². The van der Waals surface area contributed by atoms with Crippen LogP contribution < -0.4 is 14.8 Å². The molecule has 4 aromatic rings. The lowest BCUT2D eigenvalue weighted by Gasteiger charge is -2.16. The minimum Gasteiger partial charge on any atom is -0.491 e. The number of pyridine rings is 2. The summed E-state index contributed by atoms with van der Waals surface area (Å²) >= 11 is 0. The molecule has 0 radical (unpaired) electrons. The molecule has 0 amide bonds. The average molecular weight is 422 g/mol. The zero-order valence-electron chi connectivity index (χ0n) is 17.1. The third kappa shape index (κ3) is 3.92. The number of imidazole rings is 1. The van der Waals surface area contributed by atoms with Crippen LogP contribution in [0.4, 0.5) is 4.39 Å². The maximum atomic E-state index is 14.0. The highest BCUT2D eigenvalue weighted by Crippen LogP contribution is 2.30. The zero-order valence-corrected chi connectivity index (χ0v) is 17.1. The third-order valence-electron chi connectivity index (χ3n) is 5.35. The topological polar surface area (TPSA) is 69.9 Å². The molecule has 1 aliphatic rings. The number of aromatic nitrogens is 3. The van der Waals surface area contributed by atoms with Gasteiger partial charge in [-0.3, -0.25) is 4.40 Å². The first-order chi connectivity index (χ1) is 15.2. The first-order valence-corrected chi connectivity index (χ1v) is 10.2. The summed E-state index contributed by atoms with van der Waals surface area (Å²) in [5.41, 5.74) is 3.06. The van der Waals surface area contributed by atoms with Crippen molar-refractivity contribution in [3.8, 4) is 22.9 Å². The molecule has 0 saturated carbocycles. The molecule has 3 aromatic heterocycles. The van der Waals surface area contributed by atoms with Gasteiger partial charge in [0.1, 0.15) is 35.4 Å². The quantitative estimate of drug-likeness (QED) is 0.461. The molecule has 5 rings (SSSR count). The van der Waals surface area contributed by atoms with E-state index in [1.807, 2.05) is 53.1 Å². The maximum absolute atomic E-state index is 14.0. The second kappa shape index (κ2) is 8.49. The smallest absolute Gasteiger partial charge is 0.150 e. The van der Waals surface area contributed by atoms with Crippen molar-refractivity contribution in [2.45, 2.75) is 12.3 Å². The molecule has 160 valence electrons. The van der Waals surface area contributed by atoms with E-state index in [4.69, 9.17) is 19.2 Å². The van der Waals surface area contributed by atoms with Crippen LogP contribution in [0.5, 0.6) is 11.5 Å². The van der Waals surface area contributed by atoms with Crippen molar-refractivity contribution >= 4 is 16.6 Å². The van der Waals surface area contributed by atoms with Crippen LogP contribution in [0.1, 0.15) is 0 Å². The Kier molecular flexibility index (Phi) is 5.40. The molecule has 4 heterocycles. The summed E-state index contributed by atoms with van der Waals surface area (Å²) in [4.78, 5) is 9.34. The van der Waals surface area contributed by atoms with Crippen LogP contribution in [0.3, 0.4) is 0 Å². The number of alkyl halides is 1. The number of methoxy groups -OCH3 is 1. The van der Waals surface area contributed by atoms with Gasteiger partial charge in [0, 0.05) is 37.8 Å². The molecule has 0 aliphatic carbocycles. The number of rotatable bonds is 7. The number of nitrogens with zero attached hydrogens (tertiary/aromatic N) is 3. The Morgan fingerprint density at radius 1 is 1.16 bits per heavy atom. The minimum absolute atomic E-state index is 0.313. The largest absolute Gasteiger partial charge is 0.491 e. The predicted octanol–water partition coefficient (Wildman–Crippen LogP) is 3.26. The second-order valence-electron chi connectivity index (χ2n) is 7.43. The van der Waals surface area contributed by atoms with Gasteiger partial charge in [0.15, 0.2) is 6.17 Å². The molecule has 1 saturated heterocycles. The molecular weight excluding hydrogens is 399 g/mol. The van der Waals surface area contributed by atoms with E-state index in [9.17, 15) is 4.39 Å². The Bertz CT molecular complexity index is 1210. The highest BCUT2D eigenvalue weighted by atomic mass is 19.1. The van der Waals surface area contributed by atoms with Crippen LogP contribution in [0.15, 0.2) is 54.9 Å². The Hall–Kier alpha value is -3.23. The van der Waals surface area contributed by atoms with Crippen molar-refractivity contribution in [1.29, 1.82) is 0 Å². The number of fused-ring (bicyclic) bond motifs is 2. The molecule has 1 aromatic carbocycles. The van der Waals surface area contributed by atoms with E-state index in [-0.39, 0.29) is 0 Å². The Labute approximate surface area is 178 Å². The van der Waals surface area contributed by atoms with Gasteiger partial charge < -0.3 is 19.5 Å². The van der Waals surface area contributed by atoms with Crippen molar-refractivity contribution < 1.29 is 18.6 Å². The number of ether oxygens (including phenoxy) is 3. The SMILES string of the molecule is COCCOc1ccn2c(-c3ccc4cccc(O[C@@H]5CNC[C@@H]5F)c4n3)cnc2c1. The van der Waals surface area contributed by atoms with E-state index < -0.39 is 12.3 Å². The highest BCUT2D eigenvalue weighted by molar-refractivity contribution is 5.86. The standard InChI is InChI=1S/C23H23FN4O3/c1-29-9-10-30-16-7-8-28-19(13-26-22(28)11-16)18-6-5-15-3-2-4-20(23(15)27-18)31-21-14-25-12-17(21)24/h2-8,11,13,17,21,25H,9-10,12,14H2,1H3/t17-,21+/m0/s1. The summed E-state index contributed by atoms with van der Waals surface area (Å²) in [6, 6.07) is 13.4. The average Bonchev–Trinajstić information content (AvgIpc) is 3.40. The Balaban J connectivity index is 1.48. The van der Waals surface area contributed by atoms with Crippen molar-refractivity contribution in [1.82, 2.24) is 19.7 Å². The van der Waals surface area contributed by atoms with Crippen molar-refractivity contribution in [2.24, 2.45) is 0 Å². The number of hydrogen-bond donors (Lipinski definition) is 1. The Morgan fingerprint density at radius 3 is 2.94 bits per heavy atom. The first kappa shape index (κ1) is 19.7. The molecule has 1 aliphatic heterocycles. The summed E-state index contributed by atoms with van der Waals surface area (Å²) < 4.78 is 32.7. The second-order valence-corrected chi connectivity index (χ2v) is 7.43. The van der Waals surface area contributed by atoms with E-state index in [1.54, 1.807) is 13.3 Å². The third-order valence-corrected chi connectivity index (χ3v) is 5.35. The number of benzene rings is 1. The van der Waals surface area contributed by atoms with Gasteiger partial charge in [-0.05, 0) is 18.2 Å². The van der Waals surface area contributed by atoms with Gasteiger partial charge in [-0.1, -0.05) is 18.2 Å². The van der Waals surface area contributed by atoms with Crippen LogP contribution >= 0.6 is 0 Å². The van der Waals surface area contributed by atoms with Crippen LogP contribution in [0, 0.1) is 0 Å². The monoisotopic (exact) mass is 422 g/mol. The van der Waals surface area contributed by atoms with Gasteiger partial charge in [-0.25, -0.2) is 14.4 Å². The lowest BCUT2D eigenvalue weighted by atomic mass is 10.1. The van der Waals surface area contributed by atoms with Crippen molar-refractivity contribution in [2.75, 3.05) is 33.4 Å². The van der Waals surface area contributed by atoms with Crippen molar-refractivity contribution in [3.05, 3.63) is 54.9 Å². The summed E-state index contributed by atoms with van der Waals surface area (Å²) in [7, 11) is 1.64.